The lowest BCUT2D eigenvalue weighted by molar-refractivity contribution is -0.446. The third-order valence-corrected chi connectivity index (χ3v) is 12.5. The molecule has 15 heteroatoms. The summed E-state index contributed by atoms with van der Waals surface area (Å²) in [6, 6.07) is 0. The van der Waals surface area contributed by atoms with Gasteiger partial charge in [-0.1, -0.05) is 181 Å². The van der Waals surface area contributed by atoms with E-state index in [2.05, 4.69) is 13.8 Å². The molecule has 2 fully saturated rings. The van der Waals surface area contributed by atoms with Gasteiger partial charge in [-0.05, 0) is 12.8 Å². The van der Waals surface area contributed by atoms with Crippen LogP contribution in [-0.2, 0) is 33.6 Å². The highest BCUT2D eigenvalue weighted by Crippen LogP contribution is 2.46. The summed E-state index contributed by atoms with van der Waals surface area (Å²) in [5.41, 5.74) is 0. The summed E-state index contributed by atoms with van der Waals surface area (Å²) in [6.45, 7) is 1.48. The van der Waals surface area contributed by atoms with Crippen LogP contribution in [0.5, 0.6) is 0 Å². The molecule has 2 aliphatic heterocycles. The molecule has 61 heavy (non-hydrogen) atoms. The number of hydrogen-bond acceptors (Lipinski definition) is 15. The second-order valence-electron chi connectivity index (χ2n) is 17.6. The Kier molecular flexibility index (Phi) is 29.4. The molecule has 0 radical (unpaired) electrons. The monoisotopic (exact) mass is 879 g/mol. The summed E-state index contributed by atoms with van der Waals surface area (Å²) in [6.07, 6.45) is 16.0. The predicted molar refractivity (Wildman–Crippen MR) is 228 cm³/mol. The van der Waals surface area contributed by atoms with Gasteiger partial charge in [-0.15, -0.1) is 0 Å². The molecule has 0 amide bonds. The van der Waals surface area contributed by atoms with Gasteiger partial charge in [-0.3, -0.25) is 0 Å². The summed E-state index contributed by atoms with van der Waals surface area (Å²) in [4.78, 5) is 36.8. The van der Waals surface area contributed by atoms with Gasteiger partial charge in [-0.25, -0.2) is 19.4 Å². The molecule has 2 rings (SSSR count). The molecule has 0 saturated carbocycles. The van der Waals surface area contributed by atoms with E-state index in [-0.39, 0.29) is 12.8 Å². The highest BCUT2D eigenvalue weighted by Gasteiger charge is 2.67. The van der Waals surface area contributed by atoms with E-state index in [1.54, 1.807) is 0 Å². The zero-order chi connectivity index (χ0) is 44.9. The van der Waals surface area contributed by atoms with Crippen molar-refractivity contribution >= 4 is 11.9 Å². The highest BCUT2D eigenvalue weighted by atomic mass is 17.2. The smallest absolute Gasteiger partial charge is 0.364 e. The van der Waals surface area contributed by atoms with Crippen molar-refractivity contribution in [2.45, 2.75) is 254 Å². The van der Waals surface area contributed by atoms with Crippen LogP contribution in [0.4, 0.5) is 0 Å². The Balaban J connectivity index is 2.06. The average molecular weight is 879 g/mol. The molecule has 15 nitrogen and oxygen atoms in total. The third-order valence-electron chi connectivity index (χ3n) is 12.5. The molecule has 10 atom stereocenters. The fourth-order valence-electron chi connectivity index (χ4n) is 8.63. The van der Waals surface area contributed by atoms with Gasteiger partial charge < -0.3 is 55.1 Å². The van der Waals surface area contributed by atoms with Gasteiger partial charge in [0.25, 0.3) is 0 Å². The topological polar surface area (TPSA) is 242 Å². The number of aliphatic hydroxyl groups excluding tert-OH is 8. The Morgan fingerprint density at radius 2 is 0.918 bits per heavy atom. The van der Waals surface area contributed by atoms with Gasteiger partial charge in [0.1, 0.15) is 55.3 Å². The Bertz CT molecular complexity index is 1130. The molecule has 0 aromatic rings. The van der Waals surface area contributed by atoms with E-state index in [0.717, 1.165) is 57.8 Å². The van der Waals surface area contributed by atoms with Crippen molar-refractivity contribution < 1.29 is 74.4 Å². The van der Waals surface area contributed by atoms with E-state index < -0.39 is 92.0 Å². The highest BCUT2D eigenvalue weighted by molar-refractivity contribution is 5.75. The van der Waals surface area contributed by atoms with Gasteiger partial charge in [0.2, 0.25) is 11.6 Å². The van der Waals surface area contributed by atoms with Crippen LogP contribution < -0.4 is 0 Å². The summed E-state index contributed by atoms with van der Waals surface area (Å²) in [5, 5.41) is 85.5. The first kappa shape index (κ1) is 55.6. The molecule has 0 aromatic carbocycles. The van der Waals surface area contributed by atoms with Gasteiger partial charge in [0.15, 0.2) is 0 Å². The maximum absolute atomic E-state index is 14.0. The lowest BCUT2D eigenvalue weighted by Gasteiger charge is -2.53. The minimum Gasteiger partial charge on any atom is -0.394 e. The van der Waals surface area contributed by atoms with Crippen LogP contribution in [0, 0.1) is 5.92 Å². The van der Waals surface area contributed by atoms with E-state index >= 15 is 0 Å². The van der Waals surface area contributed by atoms with Crippen molar-refractivity contribution in [2.75, 3.05) is 19.8 Å². The molecule has 2 heterocycles. The molecule has 0 bridgehead atoms. The average Bonchev–Trinajstić information content (AvgIpc) is 3.50. The number of carbonyl (C=O) groups is 2. The van der Waals surface area contributed by atoms with Crippen LogP contribution in [-0.4, -0.2) is 127 Å². The molecular weight excluding hydrogens is 792 g/mol. The molecule has 0 aliphatic carbocycles. The first-order valence-electron chi connectivity index (χ1n) is 24.2. The van der Waals surface area contributed by atoms with Gasteiger partial charge in [0, 0.05) is 0 Å². The SMILES string of the molecule is CCCCCCCCCCCCCCCCCC(=O)OOC(=O)C(CCCCCCCCCCCCCC)[C@@]1(OC2(CO)O[C@H](CO)[C@@H](O)[C@@H]2O)O[C@H](CO)[C@@H](O)[C@H](O)[C@H]1O. The number of hydrogen-bond donors (Lipinski definition) is 8. The van der Waals surface area contributed by atoms with Gasteiger partial charge in [-0.2, -0.15) is 0 Å². The van der Waals surface area contributed by atoms with Crippen molar-refractivity contribution in [3.8, 4) is 0 Å². The number of unbranched alkanes of at least 4 members (excludes halogenated alkanes) is 25. The molecule has 2 aliphatic rings. The summed E-state index contributed by atoms with van der Waals surface area (Å²) in [7, 11) is 0. The fourth-order valence-corrected chi connectivity index (χ4v) is 8.63. The Labute approximate surface area is 365 Å². The predicted octanol–water partition coefficient (Wildman–Crippen LogP) is 5.94. The van der Waals surface area contributed by atoms with Crippen LogP contribution in [0.2, 0.25) is 0 Å². The third kappa shape index (κ3) is 18.9. The van der Waals surface area contributed by atoms with Crippen LogP contribution in [0.3, 0.4) is 0 Å². The lowest BCUT2D eigenvalue weighted by Crippen LogP contribution is -2.72. The van der Waals surface area contributed by atoms with E-state index in [1.807, 2.05) is 0 Å². The number of rotatable bonds is 36. The van der Waals surface area contributed by atoms with Crippen LogP contribution in [0.1, 0.15) is 200 Å². The second kappa shape index (κ2) is 32.2. The molecule has 0 aromatic heterocycles. The quantitative estimate of drug-likeness (QED) is 0.0206. The molecular formula is C46H86O15. The lowest BCUT2D eigenvalue weighted by atomic mass is 9.81. The van der Waals surface area contributed by atoms with E-state index in [1.165, 1.54) is 96.3 Å². The molecule has 360 valence electrons. The Hall–Kier alpha value is -1.50. The Morgan fingerprint density at radius 3 is 1.33 bits per heavy atom. The Morgan fingerprint density at radius 1 is 0.508 bits per heavy atom. The van der Waals surface area contributed by atoms with Crippen molar-refractivity contribution in [2.24, 2.45) is 5.92 Å². The van der Waals surface area contributed by atoms with Crippen molar-refractivity contribution in [1.82, 2.24) is 0 Å². The van der Waals surface area contributed by atoms with Crippen molar-refractivity contribution in [3.05, 3.63) is 0 Å². The molecule has 8 N–H and O–H groups in total. The second-order valence-corrected chi connectivity index (χ2v) is 17.6. The summed E-state index contributed by atoms with van der Waals surface area (Å²) in [5.74, 6) is -9.33. The first-order valence-corrected chi connectivity index (χ1v) is 24.2. The van der Waals surface area contributed by atoms with E-state index in [4.69, 9.17) is 24.0 Å². The molecule has 0 spiro atoms. The first-order chi connectivity index (χ1) is 29.5. The van der Waals surface area contributed by atoms with Crippen LogP contribution in [0.25, 0.3) is 0 Å². The van der Waals surface area contributed by atoms with Crippen LogP contribution in [0.15, 0.2) is 0 Å². The zero-order valence-corrected chi connectivity index (χ0v) is 37.7. The minimum atomic E-state index is -2.82. The zero-order valence-electron chi connectivity index (χ0n) is 37.7. The summed E-state index contributed by atoms with van der Waals surface area (Å²) < 4.78 is 17.6. The standard InChI is InChI=1S/C46H86O15/c1-3-5-7-9-11-13-15-17-18-19-21-23-25-27-29-31-38(50)59-60-44(56)35(30-28-26-24-22-20-16-14-12-10-8-6-4-2)46(43(55)41(53)39(51)36(32-47)58-46)61-45(34-49)42(54)40(52)37(33-48)57-45/h35-37,39-43,47-49,51-55H,3-34H2,1-2H3/t35?,36-,37-,39-,40-,41+,42+,43-,45?,46+/m1/s1. The molecule has 2 saturated heterocycles. The normalized spacial score (nSPS) is 28.3. The van der Waals surface area contributed by atoms with E-state index in [9.17, 15) is 50.4 Å². The minimum absolute atomic E-state index is 0.0265. The number of carbonyl (C=O) groups excluding carboxylic acids is 2. The largest absolute Gasteiger partial charge is 0.394 e. The van der Waals surface area contributed by atoms with Crippen molar-refractivity contribution in [1.29, 1.82) is 0 Å². The van der Waals surface area contributed by atoms with Crippen LogP contribution >= 0.6 is 0 Å². The number of ether oxygens (including phenoxy) is 3. The van der Waals surface area contributed by atoms with E-state index in [0.29, 0.717) is 19.3 Å². The van der Waals surface area contributed by atoms with Gasteiger partial charge >= 0.3 is 11.9 Å². The maximum atomic E-state index is 14.0. The van der Waals surface area contributed by atoms with Crippen molar-refractivity contribution in [3.63, 3.8) is 0 Å². The van der Waals surface area contributed by atoms with Gasteiger partial charge in [0.05, 0.1) is 19.6 Å². The summed E-state index contributed by atoms with van der Waals surface area (Å²) >= 11 is 0. The number of aliphatic hydroxyl groups is 8. The maximum Gasteiger partial charge on any atom is 0.364 e. The fraction of sp³-hybridized carbons (Fsp3) is 0.957. The molecule has 2 unspecified atom stereocenters.